The Labute approximate surface area is 495 Å². The summed E-state index contributed by atoms with van der Waals surface area (Å²) in [6.07, 6.45) is 12.0. The topological polar surface area (TPSA) is 9.72 Å². The number of rotatable bonds is 4. The van der Waals surface area contributed by atoms with E-state index >= 15 is 0 Å². The van der Waals surface area contributed by atoms with Gasteiger partial charge in [0.2, 0.25) is 0 Å². The van der Waals surface area contributed by atoms with Crippen LogP contribution in [-0.2, 0) is 37.9 Å². The van der Waals surface area contributed by atoms with E-state index in [0.29, 0.717) is 0 Å². The molecule has 0 bridgehead atoms. The molecule has 3 aliphatic heterocycles. The van der Waals surface area contributed by atoms with E-state index in [1.54, 1.807) is 0 Å². The van der Waals surface area contributed by atoms with Crippen LogP contribution in [-0.4, -0.2) is 12.3 Å². The van der Waals surface area contributed by atoms with Gasteiger partial charge in [-0.1, -0.05) is 157 Å². The van der Waals surface area contributed by atoms with Crippen LogP contribution < -0.4 is 30.4 Å². The van der Waals surface area contributed by atoms with E-state index in [0.717, 1.165) is 6.42 Å². The van der Waals surface area contributed by atoms with Gasteiger partial charge >= 0.3 is 0 Å². The third kappa shape index (κ3) is 7.26. The highest BCUT2D eigenvalue weighted by atomic mass is 32.1. The molecule has 4 heterocycles. The fourth-order valence-electron chi connectivity index (χ4n) is 17.7. The number of anilines is 8. The second-order valence-electron chi connectivity index (χ2n) is 31.3. The van der Waals surface area contributed by atoms with Crippen molar-refractivity contribution in [1.29, 1.82) is 0 Å². The van der Waals surface area contributed by atoms with Crippen LogP contribution in [0.5, 0.6) is 0 Å². The van der Waals surface area contributed by atoms with Crippen molar-refractivity contribution in [3.05, 3.63) is 172 Å². The van der Waals surface area contributed by atoms with Crippen molar-refractivity contribution in [3.63, 3.8) is 0 Å². The van der Waals surface area contributed by atoms with Gasteiger partial charge in [-0.3, -0.25) is 0 Å². The lowest BCUT2D eigenvalue weighted by Gasteiger charge is -2.50. The average molecular weight is 1100 g/mol. The normalized spacial score (nSPS) is 24.1. The Hall–Kier alpha value is -6.04. The molecule has 1 fully saturated rings. The van der Waals surface area contributed by atoms with Gasteiger partial charge in [-0.25, -0.2) is 0 Å². The zero-order valence-corrected chi connectivity index (χ0v) is 52.8. The first-order valence-electron chi connectivity index (χ1n) is 31.5. The molecule has 7 aromatic carbocycles. The maximum atomic E-state index is 2.82. The van der Waals surface area contributed by atoms with Crippen molar-refractivity contribution >= 4 is 89.3 Å². The monoisotopic (exact) mass is 1100 g/mol. The smallest absolute Gasteiger partial charge is 0.264 e. The molecule has 418 valence electrons. The van der Waals surface area contributed by atoms with E-state index in [2.05, 4.69) is 257 Å². The summed E-state index contributed by atoms with van der Waals surface area (Å²) in [5.74, 6) is 0. The Kier molecular flexibility index (Phi) is 11.0. The highest BCUT2D eigenvalue weighted by Crippen LogP contribution is 2.63. The van der Waals surface area contributed by atoms with Crippen LogP contribution in [0.1, 0.15) is 206 Å². The van der Waals surface area contributed by atoms with Crippen LogP contribution in [0.4, 0.5) is 45.5 Å². The molecule has 4 aliphatic carbocycles. The fraction of sp³-hybridized carbons (Fsp3) is 0.429. The minimum Gasteiger partial charge on any atom is -0.334 e. The van der Waals surface area contributed by atoms with Crippen molar-refractivity contribution in [2.45, 2.75) is 212 Å². The number of hydrogen-bond acceptors (Lipinski definition) is 4. The standard InChI is InChI=1S/C77H86BN3S/c1-47-39-64-67-65(40-47)80(51-25-28-55-57(43-51)73(8,9)36-34-71(55,4)5)68-53-45-58-59(75(12,13)38-37-74(58,10)11)46-66(53)82-69(68)78(67)61-29-26-52(44-63(61)79(64)50-24-27-54-56(42-50)72(6,7)35-33-70(54,2)3)81-62-30-23-49(48-21-17-16-18-22-48)41-60(62)76(14)31-19-20-32-77(76,81)15/h16-18,21-30,39-46H,19-20,31-38H2,1-15H3. The van der Waals surface area contributed by atoms with Gasteiger partial charge in [-0.2, -0.15) is 0 Å². The lowest BCUT2D eigenvalue weighted by atomic mass is 9.36. The van der Waals surface area contributed by atoms with Gasteiger partial charge in [0, 0.05) is 60.1 Å². The summed E-state index contributed by atoms with van der Waals surface area (Å²) in [4.78, 5) is 8.34. The van der Waals surface area contributed by atoms with Gasteiger partial charge in [0.05, 0.1) is 11.2 Å². The third-order valence-corrected chi connectivity index (χ3v) is 24.6. The molecule has 0 spiro atoms. The Morgan fingerprint density at radius 3 is 1.54 bits per heavy atom. The summed E-state index contributed by atoms with van der Waals surface area (Å²) >= 11 is 2.08. The zero-order valence-electron chi connectivity index (χ0n) is 52.0. The highest BCUT2D eigenvalue weighted by Gasteiger charge is 2.58. The number of hydrogen-bond donors (Lipinski definition) is 0. The first kappa shape index (κ1) is 52.7. The molecule has 2 unspecified atom stereocenters. The quantitative estimate of drug-likeness (QED) is 0.163. The zero-order chi connectivity index (χ0) is 57.2. The fourth-order valence-corrected chi connectivity index (χ4v) is 19.1. The first-order chi connectivity index (χ1) is 38.7. The van der Waals surface area contributed by atoms with Gasteiger partial charge in [-0.05, 0) is 237 Å². The summed E-state index contributed by atoms with van der Waals surface area (Å²) in [6, 6.07) is 52.1. The van der Waals surface area contributed by atoms with E-state index in [1.807, 2.05) is 0 Å². The summed E-state index contributed by atoms with van der Waals surface area (Å²) in [5, 5.41) is 1.41. The molecule has 7 aliphatic rings. The van der Waals surface area contributed by atoms with Crippen LogP contribution in [0.25, 0.3) is 21.2 Å². The molecule has 1 saturated carbocycles. The third-order valence-electron chi connectivity index (χ3n) is 23.4. The Bertz CT molecular complexity index is 4040. The number of thiophene rings is 1. The van der Waals surface area contributed by atoms with Crippen LogP contribution in [0.15, 0.2) is 127 Å². The van der Waals surface area contributed by atoms with Gasteiger partial charge in [0.1, 0.15) is 0 Å². The lowest BCUT2D eigenvalue weighted by Crippen LogP contribution is -2.60. The second-order valence-corrected chi connectivity index (χ2v) is 32.4. The van der Waals surface area contributed by atoms with Crippen molar-refractivity contribution in [1.82, 2.24) is 0 Å². The maximum Gasteiger partial charge on any atom is 0.264 e. The molecule has 2 atom stereocenters. The highest BCUT2D eigenvalue weighted by molar-refractivity contribution is 7.33. The van der Waals surface area contributed by atoms with E-state index < -0.39 is 0 Å². The molecule has 5 heteroatoms. The van der Waals surface area contributed by atoms with E-state index in [9.17, 15) is 0 Å². The number of nitrogens with zero attached hydrogens (tertiary/aromatic N) is 3. The molecule has 0 radical (unpaired) electrons. The van der Waals surface area contributed by atoms with Crippen molar-refractivity contribution in [3.8, 4) is 11.1 Å². The predicted octanol–water partition coefficient (Wildman–Crippen LogP) is 19.7. The minimum absolute atomic E-state index is 0.0147. The Morgan fingerprint density at radius 2 is 0.927 bits per heavy atom. The number of benzene rings is 7. The van der Waals surface area contributed by atoms with E-state index in [4.69, 9.17) is 0 Å². The molecule has 82 heavy (non-hydrogen) atoms. The van der Waals surface area contributed by atoms with Crippen LogP contribution >= 0.6 is 11.3 Å². The summed E-state index contributed by atoms with van der Waals surface area (Å²) in [6.45, 7) is 37.5. The summed E-state index contributed by atoms with van der Waals surface area (Å²) in [5.41, 5.74) is 28.3. The van der Waals surface area contributed by atoms with Crippen molar-refractivity contribution in [2.24, 2.45) is 0 Å². The molecule has 0 saturated heterocycles. The van der Waals surface area contributed by atoms with Gasteiger partial charge in [0.15, 0.2) is 0 Å². The molecule has 0 N–H and O–H groups in total. The molecular formula is C77H86BN3S. The maximum absolute atomic E-state index is 2.82. The van der Waals surface area contributed by atoms with Gasteiger partial charge < -0.3 is 14.7 Å². The SMILES string of the molecule is Cc1cc2c3c(c1)N(c1ccc4c(c1)C(C)(C)CCC4(C)C)c1c(sc4cc5c(cc14)C(C)(C)CCC5(C)C)B3c1ccc(N3c4ccc(-c5ccccc5)cc4C4(C)CCCCC34C)cc1N2c1ccc2c(c1)C(C)(C)CCC2(C)C. The molecule has 15 rings (SSSR count). The number of fused-ring (bicyclic) bond motifs is 12. The number of aryl methyl sites for hydroxylation is 1. The lowest BCUT2D eigenvalue weighted by molar-refractivity contribution is 0.195. The molecular weight excluding hydrogens is 1010 g/mol. The van der Waals surface area contributed by atoms with Crippen molar-refractivity contribution in [2.75, 3.05) is 14.7 Å². The summed E-state index contributed by atoms with van der Waals surface area (Å²) < 4.78 is 2.88. The molecule has 1 aromatic heterocycles. The molecule has 3 nitrogen and oxygen atoms in total. The summed E-state index contributed by atoms with van der Waals surface area (Å²) in [7, 11) is 0. The van der Waals surface area contributed by atoms with Gasteiger partial charge in [0.25, 0.3) is 6.71 Å². The minimum atomic E-state index is -0.108. The van der Waals surface area contributed by atoms with Crippen LogP contribution in [0.2, 0.25) is 0 Å². The Morgan fingerprint density at radius 1 is 0.402 bits per heavy atom. The molecule has 8 aromatic rings. The average Bonchev–Trinajstić information content (AvgIpc) is 1.72. The Balaban J connectivity index is 1.02. The molecule has 0 amide bonds. The first-order valence-corrected chi connectivity index (χ1v) is 32.4. The second kappa shape index (κ2) is 17.1. The van der Waals surface area contributed by atoms with Crippen molar-refractivity contribution < 1.29 is 0 Å². The van der Waals surface area contributed by atoms with E-state index in [-0.39, 0.29) is 50.2 Å². The van der Waals surface area contributed by atoms with Crippen LogP contribution in [0.3, 0.4) is 0 Å². The van der Waals surface area contributed by atoms with E-state index in [1.165, 1.54) is 185 Å². The largest absolute Gasteiger partial charge is 0.334 e. The predicted molar refractivity (Wildman–Crippen MR) is 355 cm³/mol. The van der Waals surface area contributed by atoms with Gasteiger partial charge in [-0.15, -0.1) is 11.3 Å². The van der Waals surface area contributed by atoms with Crippen LogP contribution in [0, 0.1) is 6.92 Å².